The second-order valence-corrected chi connectivity index (χ2v) is 7.13. The summed E-state index contributed by atoms with van der Waals surface area (Å²) >= 11 is 0. The van der Waals surface area contributed by atoms with Crippen molar-refractivity contribution in [2.45, 2.75) is 39.2 Å². The van der Waals surface area contributed by atoms with Gasteiger partial charge in [0.1, 0.15) is 0 Å². The van der Waals surface area contributed by atoms with Crippen LogP contribution in [0.3, 0.4) is 0 Å². The van der Waals surface area contributed by atoms with Gasteiger partial charge in [-0.2, -0.15) is 0 Å². The van der Waals surface area contributed by atoms with E-state index in [1.807, 2.05) is 41.1 Å². The number of rotatable bonds is 6. The van der Waals surface area contributed by atoms with Crippen LogP contribution in [0.1, 0.15) is 42.6 Å². The molecule has 1 heterocycles. The minimum absolute atomic E-state index is 0.0515. The number of likely N-dealkylation sites (N-methyl/N-ethyl adjacent to an activating group) is 1. The maximum atomic E-state index is 12.6. The number of carbonyl (C=O) groups is 2. The summed E-state index contributed by atoms with van der Waals surface area (Å²) in [7, 11) is 1.84. The molecule has 0 aromatic heterocycles. The zero-order chi connectivity index (χ0) is 17.7. The summed E-state index contributed by atoms with van der Waals surface area (Å²) in [5, 5.41) is 8.87. The van der Waals surface area contributed by atoms with Gasteiger partial charge in [0.15, 0.2) is 0 Å². The van der Waals surface area contributed by atoms with Gasteiger partial charge in [-0.3, -0.25) is 14.5 Å². The zero-order valence-corrected chi connectivity index (χ0v) is 14.9. The van der Waals surface area contributed by atoms with E-state index in [0.29, 0.717) is 19.0 Å². The summed E-state index contributed by atoms with van der Waals surface area (Å²) in [5.74, 6) is -0.128. The van der Waals surface area contributed by atoms with Crippen LogP contribution >= 0.6 is 0 Å². The average Bonchev–Trinajstić information content (AvgIpc) is 2.54. The number of carbonyl (C=O) groups excluding carboxylic acids is 1. The van der Waals surface area contributed by atoms with Crippen LogP contribution in [0.2, 0.25) is 0 Å². The van der Waals surface area contributed by atoms with Crippen LogP contribution in [0, 0.1) is 5.92 Å². The first-order valence-electron chi connectivity index (χ1n) is 8.67. The summed E-state index contributed by atoms with van der Waals surface area (Å²) in [6, 6.07) is 8.16. The smallest absolute Gasteiger partial charge is 0.317 e. The normalized spacial score (nSPS) is 16.0. The van der Waals surface area contributed by atoms with Gasteiger partial charge in [-0.15, -0.1) is 0 Å². The molecule has 1 amide bonds. The molecule has 0 atom stereocenters. The first-order valence-corrected chi connectivity index (χ1v) is 8.67. The Bertz CT molecular complexity index is 560. The summed E-state index contributed by atoms with van der Waals surface area (Å²) in [6.07, 6.45) is 2.66. The number of hydrogen-bond donors (Lipinski definition) is 1. The molecule has 0 aliphatic carbocycles. The van der Waals surface area contributed by atoms with Crippen LogP contribution in [-0.2, 0) is 11.2 Å². The van der Waals surface area contributed by atoms with E-state index in [9.17, 15) is 9.59 Å². The Kier molecular flexibility index (Phi) is 6.37. The molecule has 1 saturated heterocycles. The third-order valence-electron chi connectivity index (χ3n) is 4.60. The van der Waals surface area contributed by atoms with Crippen molar-refractivity contribution in [3.63, 3.8) is 0 Å². The maximum Gasteiger partial charge on any atom is 0.317 e. The van der Waals surface area contributed by atoms with E-state index in [-0.39, 0.29) is 18.5 Å². The molecule has 0 unspecified atom stereocenters. The van der Waals surface area contributed by atoms with Crippen molar-refractivity contribution < 1.29 is 14.7 Å². The second-order valence-electron chi connectivity index (χ2n) is 7.13. The monoisotopic (exact) mass is 332 g/mol. The van der Waals surface area contributed by atoms with Crippen LogP contribution in [-0.4, -0.2) is 59.5 Å². The Balaban J connectivity index is 1.89. The lowest BCUT2D eigenvalue weighted by molar-refractivity contribution is -0.138. The summed E-state index contributed by atoms with van der Waals surface area (Å²) in [6.45, 7) is 5.79. The Morgan fingerprint density at radius 2 is 1.79 bits per heavy atom. The molecule has 132 valence electrons. The first kappa shape index (κ1) is 18.5. The highest BCUT2D eigenvalue weighted by Crippen LogP contribution is 2.18. The van der Waals surface area contributed by atoms with Gasteiger partial charge in [-0.05, 0) is 49.9 Å². The molecule has 1 aromatic carbocycles. The van der Waals surface area contributed by atoms with Crippen LogP contribution in [0.5, 0.6) is 0 Å². The van der Waals surface area contributed by atoms with Crippen molar-refractivity contribution in [2.24, 2.45) is 5.92 Å². The standard InChI is InChI=1S/C19H28N2O3/c1-14(2)12-15-4-6-16(7-5-15)19(24)21-10-8-17(9-11-21)20(3)13-18(22)23/h4-7,14,17H,8-13H2,1-3H3,(H,22,23). The quantitative estimate of drug-likeness (QED) is 0.869. The average molecular weight is 332 g/mol. The highest BCUT2D eigenvalue weighted by Gasteiger charge is 2.26. The molecular formula is C19H28N2O3. The predicted molar refractivity (Wildman–Crippen MR) is 94.2 cm³/mol. The number of piperidine rings is 1. The maximum absolute atomic E-state index is 12.6. The van der Waals surface area contributed by atoms with Gasteiger partial charge >= 0.3 is 5.97 Å². The molecular weight excluding hydrogens is 304 g/mol. The SMILES string of the molecule is CC(C)Cc1ccc(C(=O)N2CCC(N(C)CC(=O)O)CC2)cc1. The van der Waals surface area contributed by atoms with E-state index in [1.165, 1.54) is 5.56 Å². The van der Waals surface area contributed by atoms with Crippen molar-refractivity contribution in [3.8, 4) is 0 Å². The third-order valence-corrected chi connectivity index (χ3v) is 4.60. The van der Waals surface area contributed by atoms with Crippen molar-refractivity contribution in [2.75, 3.05) is 26.7 Å². The third kappa shape index (κ3) is 5.06. The Morgan fingerprint density at radius 1 is 1.21 bits per heavy atom. The van der Waals surface area contributed by atoms with Crippen molar-refractivity contribution in [1.29, 1.82) is 0 Å². The van der Waals surface area contributed by atoms with Gasteiger partial charge in [0.2, 0.25) is 0 Å². The van der Waals surface area contributed by atoms with Crippen molar-refractivity contribution in [1.82, 2.24) is 9.80 Å². The number of carboxylic acid groups (broad SMARTS) is 1. The number of likely N-dealkylation sites (tertiary alicyclic amines) is 1. The van der Waals surface area contributed by atoms with Gasteiger partial charge in [0.25, 0.3) is 5.91 Å². The fraction of sp³-hybridized carbons (Fsp3) is 0.579. The molecule has 2 rings (SSSR count). The van der Waals surface area contributed by atoms with E-state index >= 15 is 0 Å². The molecule has 1 N–H and O–H groups in total. The fourth-order valence-corrected chi connectivity index (χ4v) is 3.29. The van der Waals surface area contributed by atoms with Gasteiger partial charge in [-0.25, -0.2) is 0 Å². The highest BCUT2D eigenvalue weighted by atomic mass is 16.4. The second kappa shape index (κ2) is 8.29. The molecule has 0 bridgehead atoms. The number of hydrogen-bond acceptors (Lipinski definition) is 3. The van der Waals surface area contributed by atoms with Crippen LogP contribution < -0.4 is 0 Å². The molecule has 1 fully saturated rings. The largest absolute Gasteiger partial charge is 0.480 e. The van der Waals surface area contributed by atoms with E-state index in [1.54, 1.807) is 0 Å². The predicted octanol–water partition coefficient (Wildman–Crippen LogP) is 2.51. The van der Waals surface area contributed by atoms with E-state index in [2.05, 4.69) is 13.8 Å². The van der Waals surface area contributed by atoms with Crippen molar-refractivity contribution in [3.05, 3.63) is 35.4 Å². The number of carboxylic acids is 1. The molecule has 0 radical (unpaired) electrons. The molecule has 1 aliphatic rings. The summed E-state index contributed by atoms with van der Waals surface area (Å²) in [4.78, 5) is 27.1. The van der Waals surface area contributed by atoms with Gasteiger partial charge in [0, 0.05) is 24.7 Å². The molecule has 5 nitrogen and oxygen atoms in total. The highest BCUT2D eigenvalue weighted by molar-refractivity contribution is 5.94. The Morgan fingerprint density at radius 3 is 2.29 bits per heavy atom. The lowest BCUT2D eigenvalue weighted by atomic mass is 10.00. The lowest BCUT2D eigenvalue weighted by Crippen LogP contribution is -2.46. The van der Waals surface area contributed by atoms with Crippen LogP contribution in [0.15, 0.2) is 24.3 Å². The molecule has 5 heteroatoms. The summed E-state index contributed by atoms with van der Waals surface area (Å²) in [5.41, 5.74) is 2.00. The Hall–Kier alpha value is -1.88. The number of aliphatic carboxylic acids is 1. The fourth-order valence-electron chi connectivity index (χ4n) is 3.29. The molecule has 1 aliphatic heterocycles. The van der Waals surface area contributed by atoms with E-state index < -0.39 is 5.97 Å². The molecule has 1 aromatic rings. The minimum atomic E-state index is -0.808. The van der Waals surface area contributed by atoms with Gasteiger partial charge in [-0.1, -0.05) is 26.0 Å². The van der Waals surface area contributed by atoms with Crippen LogP contribution in [0.25, 0.3) is 0 Å². The molecule has 24 heavy (non-hydrogen) atoms. The Labute approximate surface area is 144 Å². The van der Waals surface area contributed by atoms with Crippen LogP contribution in [0.4, 0.5) is 0 Å². The van der Waals surface area contributed by atoms with E-state index in [4.69, 9.17) is 5.11 Å². The minimum Gasteiger partial charge on any atom is -0.480 e. The van der Waals surface area contributed by atoms with Gasteiger partial charge in [0.05, 0.1) is 6.54 Å². The number of amides is 1. The lowest BCUT2D eigenvalue weighted by Gasteiger charge is -2.36. The van der Waals surface area contributed by atoms with Crippen molar-refractivity contribution >= 4 is 11.9 Å². The first-order chi connectivity index (χ1) is 11.4. The van der Waals surface area contributed by atoms with E-state index in [0.717, 1.165) is 24.8 Å². The van der Waals surface area contributed by atoms with Gasteiger partial charge < -0.3 is 10.0 Å². The molecule has 0 spiro atoms. The number of benzene rings is 1. The topological polar surface area (TPSA) is 60.9 Å². The number of nitrogens with zero attached hydrogens (tertiary/aromatic N) is 2. The summed E-state index contributed by atoms with van der Waals surface area (Å²) < 4.78 is 0. The molecule has 0 saturated carbocycles. The zero-order valence-electron chi connectivity index (χ0n) is 14.9.